The van der Waals surface area contributed by atoms with Crippen molar-refractivity contribution in [3.63, 3.8) is 0 Å². The van der Waals surface area contributed by atoms with E-state index in [-0.39, 0.29) is 10.8 Å². The number of benzene rings is 2. The van der Waals surface area contributed by atoms with E-state index in [0.717, 1.165) is 16.7 Å². The lowest BCUT2D eigenvalue weighted by atomic mass is 10.0. The van der Waals surface area contributed by atoms with Crippen LogP contribution in [0.2, 0.25) is 0 Å². The van der Waals surface area contributed by atoms with Crippen LogP contribution in [0.25, 0.3) is 0 Å². The molecule has 0 spiro atoms. The highest BCUT2D eigenvalue weighted by atomic mass is 32.2. The summed E-state index contributed by atoms with van der Waals surface area (Å²) in [6, 6.07) is 10.2. The molecule has 3 N–H and O–H groups in total. The lowest BCUT2D eigenvalue weighted by Gasteiger charge is -2.18. The first kappa shape index (κ1) is 23.2. The number of aliphatic carboxylic acids is 1. The van der Waals surface area contributed by atoms with Gasteiger partial charge in [-0.15, -0.1) is 0 Å². The minimum Gasteiger partial charge on any atom is -0.475 e. The number of sulfonamides is 1. The van der Waals surface area contributed by atoms with Crippen molar-refractivity contribution in [1.29, 1.82) is 0 Å². The fourth-order valence-corrected chi connectivity index (χ4v) is 3.65. The van der Waals surface area contributed by atoms with E-state index in [9.17, 15) is 26.4 Å². The maximum Gasteiger partial charge on any atom is 0.490 e. The van der Waals surface area contributed by atoms with Gasteiger partial charge in [-0.3, -0.25) is 9.52 Å². The zero-order valence-corrected chi connectivity index (χ0v) is 16.8. The summed E-state index contributed by atoms with van der Waals surface area (Å²) in [6.45, 7) is 3.92. The molecule has 0 fully saturated rings. The Morgan fingerprint density at radius 2 is 1.70 bits per heavy atom. The maximum absolute atomic E-state index is 12.5. The Bertz CT molecular complexity index is 1080. The second kappa shape index (κ2) is 8.74. The van der Waals surface area contributed by atoms with Crippen LogP contribution in [0.15, 0.2) is 41.3 Å². The van der Waals surface area contributed by atoms with Gasteiger partial charge in [0.1, 0.15) is 0 Å². The molecule has 0 aliphatic carbocycles. The number of hydrogen-bond donors (Lipinski definition) is 3. The smallest absolute Gasteiger partial charge is 0.475 e. The molecule has 3 rings (SSSR count). The van der Waals surface area contributed by atoms with Gasteiger partial charge in [0.25, 0.3) is 10.0 Å². The van der Waals surface area contributed by atoms with Crippen LogP contribution in [-0.4, -0.2) is 31.6 Å². The van der Waals surface area contributed by atoms with Crippen LogP contribution in [0.4, 0.5) is 24.5 Å². The van der Waals surface area contributed by atoms with Crippen molar-refractivity contribution < 1.29 is 36.3 Å². The average Bonchev–Trinajstić information content (AvgIpc) is 2.63. The molecule has 1 amide bonds. The molecule has 2 aromatic rings. The van der Waals surface area contributed by atoms with Crippen molar-refractivity contribution >= 4 is 33.3 Å². The summed E-state index contributed by atoms with van der Waals surface area (Å²) >= 11 is 0. The van der Waals surface area contributed by atoms with Gasteiger partial charge in [-0.05, 0) is 67.3 Å². The van der Waals surface area contributed by atoms with Crippen LogP contribution in [0.1, 0.15) is 23.1 Å². The SMILES string of the molecule is Cc1ccc(NS(=O)(=O)c2ccc3c(c2)CCC(=O)N3)cc1C.O=C(O)C(F)(F)F. The highest BCUT2D eigenvalue weighted by Crippen LogP contribution is 2.27. The van der Waals surface area contributed by atoms with E-state index < -0.39 is 22.2 Å². The largest absolute Gasteiger partial charge is 0.490 e. The molecule has 162 valence electrons. The molecule has 1 heterocycles. The third kappa shape index (κ3) is 5.96. The quantitative estimate of drug-likeness (QED) is 0.669. The number of hydrogen-bond acceptors (Lipinski definition) is 4. The van der Waals surface area contributed by atoms with Crippen molar-refractivity contribution in [3.05, 3.63) is 53.1 Å². The summed E-state index contributed by atoms with van der Waals surface area (Å²) in [5.74, 6) is -2.80. The normalized spacial score (nSPS) is 13.4. The zero-order valence-electron chi connectivity index (χ0n) is 16.0. The van der Waals surface area contributed by atoms with Crippen LogP contribution < -0.4 is 10.0 Å². The first-order chi connectivity index (χ1) is 13.8. The van der Waals surface area contributed by atoms with Gasteiger partial charge in [-0.2, -0.15) is 13.2 Å². The van der Waals surface area contributed by atoms with Gasteiger partial charge in [0.05, 0.1) is 4.90 Å². The summed E-state index contributed by atoms with van der Waals surface area (Å²) in [6.07, 6.45) is -4.16. The molecule has 0 atom stereocenters. The monoisotopic (exact) mass is 444 g/mol. The molecule has 1 aliphatic rings. The Morgan fingerprint density at radius 1 is 1.07 bits per heavy atom. The number of rotatable bonds is 3. The summed E-state index contributed by atoms with van der Waals surface area (Å²) in [5.41, 5.74) is 4.20. The number of halogens is 3. The van der Waals surface area contributed by atoms with E-state index >= 15 is 0 Å². The predicted octanol–water partition coefficient (Wildman–Crippen LogP) is 3.62. The van der Waals surface area contributed by atoms with Crippen molar-refractivity contribution in [2.75, 3.05) is 10.0 Å². The average molecular weight is 444 g/mol. The fraction of sp³-hybridized carbons (Fsp3) is 0.263. The van der Waals surface area contributed by atoms with Crippen LogP contribution >= 0.6 is 0 Å². The van der Waals surface area contributed by atoms with Crippen LogP contribution in [-0.2, 0) is 26.0 Å². The lowest BCUT2D eigenvalue weighted by Crippen LogP contribution is -2.21. The van der Waals surface area contributed by atoms with E-state index in [1.54, 1.807) is 18.2 Å². The van der Waals surface area contributed by atoms with Gasteiger partial charge in [0.2, 0.25) is 5.91 Å². The van der Waals surface area contributed by atoms with Crippen molar-refractivity contribution in [2.45, 2.75) is 37.8 Å². The molecule has 2 aromatic carbocycles. The highest BCUT2D eigenvalue weighted by molar-refractivity contribution is 7.92. The minimum atomic E-state index is -5.08. The van der Waals surface area contributed by atoms with E-state index in [0.29, 0.717) is 24.2 Å². The number of aryl methyl sites for hydroxylation is 3. The Labute approximate surface area is 171 Å². The van der Waals surface area contributed by atoms with E-state index in [1.165, 1.54) is 6.07 Å². The fourth-order valence-electron chi connectivity index (χ4n) is 2.55. The third-order valence-corrected chi connectivity index (χ3v) is 5.66. The van der Waals surface area contributed by atoms with Gasteiger partial charge in [0, 0.05) is 17.8 Å². The van der Waals surface area contributed by atoms with E-state index in [4.69, 9.17) is 9.90 Å². The first-order valence-corrected chi connectivity index (χ1v) is 10.1. The summed E-state index contributed by atoms with van der Waals surface area (Å²) < 4.78 is 59.4. The molecule has 30 heavy (non-hydrogen) atoms. The van der Waals surface area contributed by atoms with Crippen molar-refractivity contribution in [2.24, 2.45) is 0 Å². The number of alkyl halides is 3. The van der Waals surface area contributed by atoms with E-state index in [1.807, 2.05) is 26.0 Å². The number of fused-ring (bicyclic) bond motifs is 1. The van der Waals surface area contributed by atoms with Gasteiger partial charge in [-0.1, -0.05) is 6.07 Å². The molecule has 0 bridgehead atoms. The molecule has 0 aromatic heterocycles. The van der Waals surface area contributed by atoms with Crippen LogP contribution in [0.5, 0.6) is 0 Å². The minimum absolute atomic E-state index is 0.0404. The molecular formula is C19H19F3N2O5S. The van der Waals surface area contributed by atoms with E-state index in [2.05, 4.69) is 10.0 Å². The third-order valence-electron chi connectivity index (χ3n) is 4.28. The Kier molecular flexibility index (Phi) is 6.76. The van der Waals surface area contributed by atoms with Gasteiger partial charge in [-0.25, -0.2) is 13.2 Å². The molecule has 0 unspecified atom stereocenters. The Hall–Kier alpha value is -3.08. The standard InChI is InChI=1S/C17H18N2O3S.C2HF3O2/c1-11-3-5-14(9-12(11)2)19-23(21,22)15-6-7-16-13(10-15)4-8-17(20)18-16;3-2(4,5)1(6)7/h3,5-7,9-10,19H,4,8H2,1-2H3,(H,18,20);(H,6,7). The van der Waals surface area contributed by atoms with Gasteiger partial charge < -0.3 is 10.4 Å². The number of anilines is 2. The molecule has 0 saturated heterocycles. The molecule has 11 heteroatoms. The Morgan fingerprint density at radius 3 is 2.27 bits per heavy atom. The topological polar surface area (TPSA) is 113 Å². The molecule has 0 radical (unpaired) electrons. The number of carbonyl (C=O) groups excluding carboxylic acids is 1. The number of amides is 1. The molecule has 1 aliphatic heterocycles. The summed E-state index contributed by atoms with van der Waals surface area (Å²) in [4.78, 5) is 20.5. The second-order valence-electron chi connectivity index (χ2n) is 6.57. The Balaban J connectivity index is 0.000000396. The van der Waals surface area contributed by atoms with Crippen molar-refractivity contribution in [3.8, 4) is 0 Å². The number of carboxylic acid groups (broad SMARTS) is 1. The maximum atomic E-state index is 12.5. The molecular weight excluding hydrogens is 425 g/mol. The second-order valence-corrected chi connectivity index (χ2v) is 8.26. The predicted molar refractivity (Wildman–Crippen MR) is 104 cm³/mol. The highest BCUT2D eigenvalue weighted by Gasteiger charge is 2.38. The first-order valence-electron chi connectivity index (χ1n) is 8.62. The summed E-state index contributed by atoms with van der Waals surface area (Å²) in [7, 11) is -3.65. The van der Waals surface area contributed by atoms with Gasteiger partial charge >= 0.3 is 12.1 Å². The lowest BCUT2D eigenvalue weighted by molar-refractivity contribution is -0.192. The van der Waals surface area contributed by atoms with Crippen LogP contribution in [0.3, 0.4) is 0 Å². The number of carbonyl (C=O) groups is 2. The van der Waals surface area contributed by atoms with Gasteiger partial charge in [0.15, 0.2) is 0 Å². The number of nitrogens with one attached hydrogen (secondary N) is 2. The summed E-state index contributed by atoms with van der Waals surface area (Å²) in [5, 5.41) is 9.87. The zero-order chi connectivity index (χ0) is 22.7. The van der Waals surface area contributed by atoms with Crippen molar-refractivity contribution in [1.82, 2.24) is 0 Å². The molecule has 0 saturated carbocycles. The molecule has 7 nitrogen and oxygen atoms in total. The number of carboxylic acids is 1. The van der Waals surface area contributed by atoms with Crippen LogP contribution in [0, 0.1) is 13.8 Å².